The van der Waals surface area contributed by atoms with Gasteiger partial charge in [-0.2, -0.15) is 0 Å². The maximum atomic E-state index is 15.2. The van der Waals surface area contributed by atoms with Crippen molar-refractivity contribution < 1.29 is 14.3 Å². The Hall–Kier alpha value is -2.20. The van der Waals surface area contributed by atoms with Gasteiger partial charge in [-0.25, -0.2) is 4.39 Å². The van der Waals surface area contributed by atoms with Crippen LogP contribution in [0.3, 0.4) is 0 Å². The maximum absolute atomic E-state index is 15.2. The molecule has 1 amide bonds. The second kappa shape index (κ2) is 10.0. The fraction of sp³-hybridized carbons (Fsp3) is 0.480. The molecule has 0 bridgehead atoms. The molecule has 0 heterocycles. The molecule has 0 spiro atoms. The van der Waals surface area contributed by atoms with Gasteiger partial charge in [0.2, 0.25) is 0 Å². The minimum absolute atomic E-state index is 0.111. The van der Waals surface area contributed by atoms with Gasteiger partial charge in [-0.1, -0.05) is 44.6 Å². The van der Waals surface area contributed by atoms with Crippen LogP contribution in [0.5, 0.6) is 0 Å². The predicted molar refractivity (Wildman–Crippen MR) is 118 cm³/mol. The van der Waals surface area contributed by atoms with Crippen molar-refractivity contribution in [2.24, 2.45) is 5.41 Å². The highest BCUT2D eigenvalue weighted by Gasteiger charge is 2.26. The monoisotopic (exact) mass is 399 g/mol. The zero-order valence-electron chi connectivity index (χ0n) is 18.4. The van der Waals surface area contributed by atoms with Crippen molar-refractivity contribution in [2.75, 3.05) is 13.2 Å². The predicted octanol–water partition coefficient (Wildman–Crippen LogP) is 5.75. The van der Waals surface area contributed by atoms with Crippen LogP contribution in [0.25, 0.3) is 5.83 Å². The lowest BCUT2D eigenvalue weighted by atomic mass is 9.72. The first-order chi connectivity index (χ1) is 13.7. The van der Waals surface area contributed by atoms with E-state index in [1.54, 1.807) is 25.1 Å². The van der Waals surface area contributed by atoms with E-state index in [1.807, 2.05) is 13.0 Å². The number of allylic oxidation sites excluding steroid dienone is 5. The number of nitrogens with one attached hydrogen (secondary N) is 1. The largest absolute Gasteiger partial charge is 0.395 e. The Morgan fingerprint density at radius 1 is 1.34 bits per heavy atom. The van der Waals surface area contributed by atoms with Gasteiger partial charge in [-0.05, 0) is 73.8 Å². The minimum Gasteiger partial charge on any atom is -0.395 e. The molecular formula is C25H34FNO2. The third kappa shape index (κ3) is 5.66. The molecule has 158 valence electrons. The molecule has 2 rings (SSSR count). The molecule has 1 aliphatic rings. The lowest BCUT2D eigenvalue weighted by molar-refractivity contribution is 0.0944. The van der Waals surface area contributed by atoms with E-state index >= 15 is 4.39 Å². The van der Waals surface area contributed by atoms with Crippen LogP contribution in [-0.4, -0.2) is 24.2 Å². The molecule has 2 N–H and O–H groups in total. The number of halogens is 1. The molecule has 0 unspecified atom stereocenters. The highest BCUT2D eigenvalue weighted by molar-refractivity contribution is 5.94. The van der Waals surface area contributed by atoms with Gasteiger partial charge in [-0.15, -0.1) is 0 Å². The van der Waals surface area contributed by atoms with Crippen molar-refractivity contribution in [1.82, 2.24) is 5.32 Å². The standard InChI is InChI=1S/C25H34FNO2/c1-6-19-16-20(24(29)27-14-15-28)10-11-21(19)23(26)18(3)9-12-22-17(2)8-7-13-25(22,4)5/h9-12,16,28H,6-8,13-15H2,1-5H3,(H,27,29). The maximum Gasteiger partial charge on any atom is 0.251 e. The molecule has 0 saturated carbocycles. The minimum atomic E-state index is -0.261. The topological polar surface area (TPSA) is 49.3 Å². The number of rotatable bonds is 7. The summed E-state index contributed by atoms with van der Waals surface area (Å²) in [5.74, 6) is -0.518. The summed E-state index contributed by atoms with van der Waals surface area (Å²) in [6.45, 7) is 10.5. The highest BCUT2D eigenvalue weighted by atomic mass is 19.1. The Kier molecular flexibility index (Phi) is 7.97. The van der Waals surface area contributed by atoms with Gasteiger partial charge in [0.25, 0.3) is 5.91 Å². The number of aliphatic hydroxyl groups excluding tert-OH is 1. The summed E-state index contributed by atoms with van der Waals surface area (Å²) in [7, 11) is 0. The molecule has 1 aromatic carbocycles. The van der Waals surface area contributed by atoms with Crippen LogP contribution in [0.4, 0.5) is 4.39 Å². The molecule has 0 saturated heterocycles. The van der Waals surface area contributed by atoms with E-state index in [1.165, 1.54) is 17.6 Å². The first-order valence-corrected chi connectivity index (χ1v) is 10.5. The molecule has 0 aliphatic heterocycles. The first-order valence-electron chi connectivity index (χ1n) is 10.5. The average Bonchev–Trinajstić information content (AvgIpc) is 2.69. The van der Waals surface area contributed by atoms with Crippen LogP contribution in [-0.2, 0) is 6.42 Å². The third-order valence-corrected chi connectivity index (χ3v) is 5.77. The summed E-state index contributed by atoms with van der Waals surface area (Å²) in [5, 5.41) is 11.5. The molecule has 0 atom stereocenters. The van der Waals surface area contributed by atoms with E-state index in [4.69, 9.17) is 5.11 Å². The first kappa shape index (κ1) is 23.1. The van der Waals surface area contributed by atoms with E-state index < -0.39 is 0 Å². The van der Waals surface area contributed by atoms with Crippen LogP contribution in [0, 0.1) is 5.41 Å². The van der Waals surface area contributed by atoms with E-state index in [-0.39, 0.29) is 30.3 Å². The van der Waals surface area contributed by atoms with Crippen molar-refractivity contribution in [2.45, 2.75) is 60.3 Å². The quantitative estimate of drug-likeness (QED) is 0.573. The van der Waals surface area contributed by atoms with Gasteiger partial charge in [0, 0.05) is 17.7 Å². The van der Waals surface area contributed by atoms with Crippen molar-refractivity contribution >= 4 is 11.7 Å². The average molecular weight is 400 g/mol. The van der Waals surface area contributed by atoms with Crippen molar-refractivity contribution in [1.29, 1.82) is 0 Å². The molecule has 0 fully saturated rings. The number of carbonyl (C=O) groups excluding carboxylic acids is 1. The number of hydrogen-bond acceptors (Lipinski definition) is 2. The summed E-state index contributed by atoms with van der Waals surface area (Å²) in [6.07, 6.45) is 8.03. The van der Waals surface area contributed by atoms with Crippen molar-refractivity contribution in [3.8, 4) is 0 Å². The molecule has 0 radical (unpaired) electrons. The summed E-state index contributed by atoms with van der Waals surface area (Å²) in [6, 6.07) is 5.04. The zero-order valence-corrected chi connectivity index (χ0v) is 18.4. The lowest BCUT2D eigenvalue weighted by Crippen LogP contribution is -2.26. The van der Waals surface area contributed by atoms with Crippen molar-refractivity contribution in [3.05, 3.63) is 63.8 Å². The molecule has 3 nitrogen and oxygen atoms in total. The second-order valence-electron chi connectivity index (χ2n) is 8.47. The Morgan fingerprint density at radius 3 is 2.69 bits per heavy atom. The van der Waals surface area contributed by atoms with Gasteiger partial charge >= 0.3 is 0 Å². The SMILES string of the molecule is CCc1cc(C(=O)NCCO)ccc1C(F)=C(C)C=CC1=C(C)CCCC1(C)C. The number of amides is 1. The zero-order chi connectivity index (χ0) is 21.6. The number of aryl methyl sites for hydroxylation is 1. The summed E-state index contributed by atoms with van der Waals surface area (Å²) in [5.41, 5.74) is 5.19. The van der Waals surface area contributed by atoms with Gasteiger partial charge in [-0.3, -0.25) is 4.79 Å². The van der Waals surface area contributed by atoms with Gasteiger partial charge in [0.1, 0.15) is 5.83 Å². The van der Waals surface area contributed by atoms with E-state index in [0.717, 1.165) is 18.4 Å². The van der Waals surface area contributed by atoms with E-state index in [9.17, 15) is 4.79 Å². The van der Waals surface area contributed by atoms with E-state index in [2.05, 4.69) is 32.2 Å². The van der Waals surface area contributed by atoms with Crippen LogP contribution in [0.1, 0.15) is 75.4 Å². The summed E-state index contributed by atoms with van der Waals surface area (Å²) in [4.78, 5) is 12.1. The fourth-order valence-corrected chi connectivity index (χ4v) is 4.02. The Bertz CT molecular complexity index is 846. The van der Waals surface area contributed by atoms with Crippen LogP contribution in [0.2, 0.25) is 0 Å². The molecule has 1 aliphatic carbocycles. The number of hydrogen-bond donors (Lipinski definition) is 2. The Labute approximate surface area is 174 Å². The number of carbonyl (C=O) groups is 1. The summed E-state index contributed by atoms with van der Waals surface area (Å²) >= 11 is 0. The summed E-state index contributed by atoms with van der Waals surface area (Å²) < 4.78 is 15.2. The van der Waals surface area contributed by atoms with Gasteiger partial charge in [0.05, 0.1) is 6.61 Å². The van der Waals surface area contributed by atoms with E-state index in [0.29, 0.717) is 23.1 Å². The van der Waals surface area contributed by atoms with Crippen molar-refractivity contribution in [3.63, 3.8) is 0 Å². The van der Waals surface area contributed by atoms with Crippen LogP contribution in [0.15, 0.2) is 47.1 Å². The molecule has 1 aromatic rings. The van der Waals surface area contributed by atoms with Crippen LogP contribution >= 0.6 is 0 Å². The highest BCUT2D eigenvalue weighted by Crippen LogP contribution is 2.41. The second-order valence-corrected chi connectivity index (χ2v) is 8.47. The number of aliphatic hydroxyl groups is 1. The Morgan fingerprint density at radius 2 is 2.07 bits per heavy atom. The third-order valence-electron chi connectivity index (χ3n) is 5.77. The lowest BCUT2D eigenvalue weighted by Gasteiger charge is -2.33. The Balaban J connectivity index is 2.33. The smallest absolute Gasteiger partial charge is 0.251 e. The van der Waals surface area contributed by atoms with Crippen LogP contribution < -0.4 is 5.32 Å². The van der Waals surface area contributed by atoms with Gasteiger partial charge < -0.3 is 10.4 Å². The molecule has 29 heavy (non-hydrogen) atoms. The number of benzene rings is 1. The van der Waals surface area contributed by atoms with Gasteiger partial charge in [0.15, 0.2) is 0 Å². The normalized spacial score (nSPS) is 17.5. The molecule has 0 aromatic heterocycles. The molecule has 4 heteroatoms. The molecular weight excluding hydrogens is 365 g/mol. The fourth-order valence-electron chi connectivity index (χ4n) is 4.02.